The van der Waals surface area contributed by atoms with Crippen LogP contribution in [0.1, 0.15) is 49.4 Å². The zero-order valence-corrected chi connectivity index (χ0v) is 14.8. The number of hydrogen-bond donors (Lipinski definition) is 2. The number of carbonyl (C=O) groups is 1. The van der Waals surface area contributed by atoms with E-state index in [9.17, 15) is 9.18 Å². The van der Waals surface area contributed by atoms with Crippen LogP contribution in [0.25, 0.3) is 0 Å². The molecule has 4 heteroatoms. The van der Waals surface area contributed by atoms with Gasteiger partial charge in [0, 0.05) is 6.04 Å². The summed E-state index contributed by atoms with van der Waals surface area (Å²) in [6.45, 7) is 3.96. The van der Waals surface area contributed by atoms with Crippen molar-refractivity contribution in [2.24, 2.45) is 0 Å². The summed E-state index contributed by atoms with van der Waals surface area (Å²) >= 11 is 0. The lowest BCUT2D eigenvalue weighted by Crippen LogP contribution is -2.44. The quantitative estimate of drug-likeness (QED) is 0.806. The molecule has 0 aromatic heterocycles. The number of amides is 1. The fourth-order valence-corrected chi connectivity index (χ4v) is 2.90. The summed E-state index contributed by atoms with van der Waals surface area (Å²) in [5, 5.41) is 6.38. The zero-order valence-electron chi connectivity index (χ0n) is 14.8. The van der Waals surface area contributed by atoms with Crippen molar-refractivity contribution in [2.45, 2.75) is 51.2 Å². The summed E-state index contributed by atoms with van der Waals surface area (Å²) in [4.78, 5) is 12.3. The molecule has 2 aromatic rings. The normalized spacial score (nSPS) is 16.3. The predicted molar refractivity (Wildman–Crippen MR) is 97.8 cm³/mol. The van der Waals surface area contributed by atoms with Gasteiger partial charge >= 0.3 is 0 Å². The molecule has 0 spiro atoms. The monoisotopic (exact) mass is 340 g/mol. The first-order chi connectivity index (χ1) is 12.1. The molecule has 1 fully saturated rings. The third-order valence-electron chi connectivity index (χ3n) is 4.64. The minimum atomic E-state index is -0.361. The van der Waals surface area contributed by atoms with Crippen LogP contribution in [0.3, 0.4) is 0 Å². The van der Waals surface area contributed by atoms with E-state index in [1.807, 2.05) is 25.1 Å². The molecule has 0 heterocycles. The second-order valence-electron chi connectivity index (χ2n) is 6.75. The Morgan fingerprint density at radius 2 is 1.88 bits per heavy atom. The Morgan fingerprint density at radius 3 is 2.48 bits per heavy atom. The second kappa shape index (κ2) is 7.79. The number of carbonyl (C=O) groups excluding carboxylic acids is 1. The van der Waals surface area contributed by atoms with E-state index in [0.717, 1.165) is 30.4 Å². The molecule has 0 saturated heterocycles. The molecule has 1 aliphatic carbocycles. The third kappa shape index (κ3) is 4.67. The molecule has 3 rings (SSSR count). The maximum Gasteiger partial charge on any atom is 0.237 e. The SMILES string of the molecule is CCc1ccc([C@@H](N[C@H](C)C(=O)NC2CC2)c2cccc(F)c2)cc1. The van der Waals surface area contributed by atoms with Crippen LogP contribution in [0, 0.1) is 5.82 Å². The molecule has 2 aromatic carbocycles. The van der Waals surface area contributed by atoms with Crippen molar-refractivity contribution in [1.82, 2.24) is 10.6 Å². The molecule has 0 unspecified atom stereocenters. The number of halogens is 1. The van der Waals surface area contributed by atoms with Crippen LogP contribution in [-0.4, -0.2) is 18.0 Å². The van der Waals surface area contributed by atoms with Gasteiger partial charge in [0.2, 0.25) is 5.91 Å². The Balaban J connectivity index is 1.83. The van der Waals surface area contributed by atoms with Gasteiger partial charge in [0.05, 0.1) is 12.1 Å². The van der Waals surface area contributed by atoms with Gasteiger partial charge in [-0.25, -0.2) is 4.39 Å². The molecule has 25 heavy (non-hydrogen) atoms. The Kier molecular flexibility index (Phi) is 5.49. The average molecular weight is 340 g/mol. The highest BCUT2D eigenvalue weighted by molar-refractivity contribution is 5.82. The van der Waals surface area contributed by atoms with Gasteiger partial charge in [-0.1, -0.05) is 43.3 Å². The molecule has 2 atom stereocenters. The molecule has 1 amide bonds. The van der Waals surface area contributed by atoms with Crippen molar-refractivity contribution in [1.29, 1.82) is 0 Å². The summed E-state index contributed by atoms with van der Waals surface area (Å²) in [5.74, 6) is -0.279. The first kappa shape index (κ1) is 17.6. The van der Waals surface area contributed by atoms with Gasteiger partial charge in [-0.2, -0.15) is 0 Å². The topological polar surface area (TPSA) is 41.1 Å². The lowest BCUT2D eigenvalue weighted by atomic mass is 9.96. The van der Waals surface area contributed by atoms with Gasteiger partial charge in [0.15, 0.2) is 0 Å². The zero-order chi connectivity index (χ0) is 17.8. The molecule has 3 nitrogen and oxygen atoms in total. The summed E-state index contributed by atoms with van der Waals surface area (Å²) in [5.41, 5.74) is 3.09. The Bertz CT molecular complexity index is 725. The van der Waals surface area contributed by atoms with Crippen LogP contribution in [0.15, 0.2) is 48.5 Å². The van der Waals surface area contributed by atoms with Crippen molar-refractivity contribution >= 4 is 5.91 Å². The van der Waals surface area contributed by atoms with Crippen LogP contribution in [0.4, 0.5) is 4.39 Å². The molecular weight excluding hydrogens is 315 g/mol. The van der Waals surface area contributed by atoms with E-state index in [4.69, 9.17) is 0 Å². The number of benzene rings is 2. The van der Waals surface area contributed by atoms with E-state index in [2.05, 4.69) is 29.7 Å². The van der Waals surface area contributed by atoms with Crippen molar-refractivity contribution in [3.63, 3.8) is 0 Å². The summed E-state index contributed by atoms with van der Waals surface area (Å²) < 4.78 is 13.7. The number of hydrogen-bond acceptors (Lipinski definition) is 2. The maximum absolute atomic E-state index is 13.7. The summed E-state index contributed by atoms with van der Waals surface area (Å²) in [6, 6.07) is 14.5. The molecule has 0 aliphatic heterocycles. The van der Waals surface area contributed by atoms with Gasteiger partial charge in [-0.05, 0) is 55.0 Å². The van der Waals surface area contributed by atoms with Gasteiger partial charge in [-0.15, -0.1) is 0 Å². The van der Waals surface area contributed by atoms with E-state index < -0.39 is 0 Å². The largest absolute Gasteiger partial charge is 0.352 e. The van der Waals surface area contributed by atoms with E-state index in [-0.39, 0.29) is 23.8 Å². The highest BCUT2D eigenvalue weighted by Gasteiger charge is 2.27. The van der Waals surface area contributed by atoms with Crippen LogP contribution in [0.2, 0.25) is 0 Å². The first-order valence-electron chi connectivity index (χ1n) is 8.97. The van der Waals surface area contributed by atoms with Gasteiger partial charge in [0.25, 0.3) is 0 Å². The molecular formula is C21H25FN2O. The number of nitrogens with one attached hydrogen (secondary N) is 2. The molecule has 132 valence electrons. The van der Waals surface area contributed by atoms with E-state index >= 15 is 0 Å². The third-order valence-corrected chi connectivity index (χ3v) is 4.64. The molecule has 1 aliphatic rings. The Morgan fingerprint density at radius 1 is 1.16 bits per heavy atom. The molecule has 1 saturated carbocycles. The van der Waals surface area contributed by atoms with Gasteiger partial charge in [-0.3, -0.25) is 10.1 Å². The minimum Gasteiger partial charge on any atom is -0.352 e. The summed E-state index contributed by atoms with van der Waals surface area (Å²) in [6.07, 6.45) is 3.09. The highest BCUT2D eigenvalue weighted by atomic mass is 19.1. The Hall–Kier alpha value is -2.20. The first-order valence-corrected chi connectivity index (χ1v) is 8.97. The van der Waals surface area contributed by atoms with Crippen molar-refractivity contribution in [3.05, 3.63) is 71.0 Å². The molecule has 0 bridgehead atoms. The molecule has 2 N–H and O–H groups in total. The fraction of sp³-hybridized carbons (Fsp3) is 0.381. The van der Waals surface area contributed by atoms with Crippen molar-refractivity contribution in [3.8, 4) is 0 Å². The van der Waals surface area contributed by atoms with Crippen LogP contribution >= 0.6 is 0 Å². The number of aryl methyl sites for hydroxylation is 1. The lowest BCUT2D eigenvalue weighted by Gasteiger charge is -2.24. The van der Waals surface area contributed by atoms with Gasteiger partial charge < -0.3 is 5.32 Å². The lowest BCUT2D eigenvalue weighted by molar-refractivity contribution is -0.123. The highest BCUT2D eigenvalue weighted by Crippen LogP contribution is 2.24. The fourth-order valence-electron chi connectivity index (χ4n) is 2.90. The Labute approximate surface area is 148 Å². The standard InChI is InChI=1S/C21H25FN2O/c1-3-15-7-9-16(10-8-15)20(17-5-4-6-18(22)13-17)23-14(2)21(25)24-19-11-12-19/h4-10,13-14,19-20,23H,3,11-12H2,1-2H3,(H,24,25)/t14-,20-/m1/s1. The predicted octanol–water partition coefficient (Wildman–Crippen LogP) is 3.73. The van der Waals surface area contributed by atoms with Crippen molar-refractivity contribution < 1.29 is 9.18 Å². The smallest absolute Gasteiger partial charge is 0.237 e. The number of rotatable bonds is 7. The van der Waals surface area contributed by atoms with Gasteiger partial charge in [0.1, 0.15) is 5.82 Å². The van der Waals surface area contributed by atoms with E-state index in [1.165, 1.54) is 17.7 Å². The van der Waals surface area contributed by atoms with Crippen LogP contribution < -0.4 is 10.6 Å². The second-order valence-corrected chi connectivity index (χ2v) is 6.75. The van der Waals surface area contributed by atoms with E-state index in [1.54, 1.807) is 6.07 Å². The minimum absolute atomic E-state index is 0.00548. The average Bonchev–Trinajstić information content (AvgIpc) is 3.43. The molecule has 0 radical (unpaired) electrons. The summed E-state index contributed by atoms with van der Waals surface area (Å²) in [7, 11) is 0. The van der Waals surface area contributed by atoms with Crippen LogP contribution in [0.5, 0.6) is 0 Å². The van der Waals surface area contributed by atoms with Crippen molar-refractivity contribution in [2.75, 3.05) is 0 Å². The maximum atomic E-state index is 13.7. The van der Waals surface area contributed by atoms with Crippen LogP contribution in [-0.2, 0) is 11.2 Å². The van der Waals surface area contributed by atoms with E-state index in [0.29, 0.717) is 6.04 Å².